The predicted molar refractivity (Wildman–Crippen MR) is 87.2 cm³/mol. The fourth-order valence-electron chi connectivity index (χ4n) is 1.86. The number of thiophene rings is 1. The highest BCUT2D eigenvalue weighted by molar-refractivity contribution is 7.91. The third-order valence-corrected chi connectivity index (χ3v) is 5.78. The van der Waals surface area contributed by atoms with E-state index in [4.69, 9.17) is 0 Å². The van der Waals surface area contributed by atoms with Crippen LogP contribution in [0.2, 0.25) is 0 Å². The van der Waals surface area contributed by atoms with E-state index in [1.165, 1.54) is 17.9 Å². The average Bonchev–Trinajstić information content (AvgIpc) is 2.95. The molecule has 0 aliphatic heterocycles. The summed E-state index contributed by atoms with van der Waals surface area (Å²) < 4.78 is 26.9. The summed E-state index contributed by atoms with van der Waals surface area (Å²) >= 11 is 1.05. The van der Waals surface area contributed by atoms with Crippen molar-refractivity contribution in [2.75, 3.05) is 13.1 Å². The molecule has 1 rings (SSSR count). The number of hydrogen-bond donors (Lipinski definition) is 2. The Balaban J connectivity index is 2.99. The van der Waals surface area contributed by atoms with Crippen LogP contribution in [0.15, 0.2) is 33.9 Å². The molecule has 0 unspecified atom stereocenters. The molecule has 1 aromatic rings. The first-order valence-corrected chi connectivity index (χ1v) is 9.22. The quantitative estimate of drug-likeness (QED) is 0.693. The predicted octanol–water partition coefficient (Wildman–Crippen LogP) is 1.20. The van der Waals surface area contributed by atoms with Crippen molar-refractivity contribution in [2.24, 2.45) is 0 Å². The van der Waals surface area contributed by atoms with Crippen LogP contribution in [0.3, 0.4) is 0 Å². The van der Waals surface area contributed by atoms with Gasteiger partial charge in [-0.15, -0.1) is 11.3 Å². The molecule has 0 spiro atoms. The van der Waals surface area contributed by atoms with E-state index in [9.17, 15) is 18.3 Å². The van der Waals surface area contributed by atoms with E-state index in [0.717, 1.165) is 16.9 Å². The summed E-state index contributed by atoms with van der Waals surface area (Å²) in [6.07, 6.45) is -1.15. The van der Waals surface area contributed by atoms with Gasteiger partial charge in [0.1, 0.15) is 10.3 Å². The largest absolute Gasteiger partial charge is 0.391 e. The van der Waals surface area contributed by atoms with Crippen LogP contribution in [-0.4, -0.2) is 49.6 Å². The lowest BCUT2D eigenvalue weighted by Crippen LogP contribution is -2.53. The number of carbonyl (C=O) groups is 1. The Kier molecular flexibility index (Phi) is 6.73. The summed E-state index contributed by atoms with van der Waals surface area (Å²) in [5, 5.41) is 11.5. The molecule has 8 heteroatoms. The third-order valence-electron chi connectivity index (χ3n) is 2.94. The van der Waals surface area contributed by atoms with Gasteiger partial charge in [0.25, 0.3) is 10.0 Å². The van der Waals surface area contributed by atoms with Crippen molar-refractivity contribution in [3.63, 3.8) is 0 Å². The second-order valence-corrected chi connectivity index (χ2v) is 7.97. The molecule has 1 amide bonds. The summed E-state index contributed by atoms with van der Waals surface area (Å²) in [4.78, 5) is 14.0. The summed E-state index contributed by atoms with van der Waals surface area (Å²) in [5.74, 6) is -0.472. The van der Waals surface area contributed by atoms with E-state index in [2.05, 4.69) is 11.3 Å². The molecule has 22 heavy (non-hydrogen) atoms. The molecule has 0 bridgehead atoms. The number of amides is 1. The first-order valence-electron chi connectivity index (χ1n) is 6.86. The van der Waals surface area contributed by atoms with Gasteiger partial charge in [0.2, 0.25) is 5.91 Å². The van der Waals surface area contributed by atoms with Crippen LogP contribution in [0.1, 0.15) is 20.8 Å². The standard InChI is InChI=1S/C14H22N2O4S2/c1-5-16(9-10(2)3)14(18)13(11(4)17)15-22(19,20)12-7-6-8-21-12/h6-8,11,13,15,17H,2,5,9H2,1,3-4H3/t11-,13-/m0/s1. The maximum absolute atomic E-state index is 12.5. The zero-order chi connectivity index (χ0) is 16.9. The molecule has 0 aromatic carbocycles. The monoisotopic (exact) mass is 346 g/mol. The Morgan fingerprint density at radius 1 is 1.55 bits per heavy atom. The number of likely N-dealkylation sites (N-methyl/N-ethyl adjacent to an activating group) is 1. The number of nitrogens with one attached hydrogen (secondary N) is 1. The summed E-state index contributed by atoms with van der Waals surface area (Å²) in [6.45, 7) is 9.42. The number of nitrogens with zero attached hydrogens (tertiary/aromatic N) is 1. The van der Waals surface area contributed by atoms with E-state index in [0.29, 0.717) is 13.1 Å². The first kappa shape index (κ1) is 18.8. The molecule has 1 aromatic heterocycles. The maximum atomic E-state index is 12.5. The molecule has 0 fully saturated rings. The molecule has 2 N–H and O–H groups in total. The van der Waals surface area contributed by atoms with Crippen molar-refractivity contribution in [2.45, 2.75) is 37.1 Å². The van der Waals surface area contributed by atoms with Crippen LogP contribution in [-0.2, 0) is 14.8 Å². The van der Waals surface area contributed by atoms with Gasteiger partial charge >= 0.3 is 0 Å². The van der Waals surface area contributed by atoms with Crippen LogP contribution >= 0.6 is 11.3 Å². The molecular weight excluding hydrogens is 324 g/mol. The van der Waals surface area contributed by atoms with E-state index < -0.39 is 28.1 Å². The van der Waals surface area contributed by atoms with Gasteiger partial charge in [-0.25, -0.2) is 8.42 Å². The maximum Gasteiger partial charge on any atom is 0.250 e. The van der Waals surface area contributed by atoms with Crippen LogP contribution in [0, 0.1) is 0 Å². The van der Waals surface area contributed by atoms with Crippen molar-refractivity contribution in [3.8, 4) is 0 Å². The fourth-order valence-corrected chi connectivity index (χ4v) is 4.14. The second kappa shape index (κ2) is 7.87. The SMILES string of the molecule is C=C(C)CN(CC)C(=O)[C@@H](NS(=O)(=O)c1cccs1)[C@H](C)O. The number of sulfonamides is 1. The van der Waals surface area contributed by atoms with Gasteiger partial charge in [-0.05, 0) is 32.2 Å². The van der Waals surface area contributed by atoms with E-state index >= 15 is 0 Å². The normalized spacial score (nSPS) is 14.4. The molecule has 0 saturated carbocycles. The lowest BCUT2D eigenvalue weighted by Gasteiger charge is -2.28. The van der Waals surface area contributed by atoms with Crippen molar-refractivity contribution in [1.82, 2.24) is 9.62 Å². The van der Waals surface area contributed by atoms with Crippen LogP contribution < -0.4 is 4.72 Å². The molecule has 0 aliphatic rings. The van der Waals surface area contributed by atoms with Gasteiger partial charge in [-0.3, -0.25) is 4.79 Å². The molecule has 6 nitrogen and oxygen atoms in total. The highest BCUT2D eigenvalue weighted by atomic mass is 32.2. The van der Waals surface area contributed by atoms with Gasteiger partial charge in [-0.1, -0.05) is 18.2 Å². The number of hydrogen-bond acceptors (Lipinski definition) is 5. The van der Waals surface area contributed by atoms with Gasteiger partial charge < -0.3 is 10.0 Å². The Labute approximate surface area is 135 Å². The van der Waals surface area contributed by atoms with E-state index in [1.807, 2.05) is 0 Å². The average molecular weight is 346 g/mol. The zero-order valence-electron chi connectivity index (χ0n) is 12.9. The number of rotatable bonds is 8. The van der Waals surface area contributed by atoms with Gasteiger partial charge in [0, 0.05) is 13.1 Å². The van der Waals surface area contributed by atoms with Crippen LogP contribution in [0.4, 0.5) is 0 Å². The highest BCUT2D eigenvalue weighted by Gasteiger charge is 2.32. The Morgan fingerprint density at radius 2 is 2.18 bits per heavy atom. The Morgan fingerprint density at radius 3 is 2.59 bits per heavy atom. The van der Waals surface area contributed by atoms with Crippen molar-refractivity contribution >= 4 is 27.3 Å². The molecule has 0 saturated heterocycles. The van der Waals surface area contributed by atoms with Crippen LogP contribution in [0.5, 0.6) is 0 Å². The molecule has 0 aliphatic carbocycles. The fraction of sp³-hybridized carbons (Fsp3) is 0.500. The first-order chi connectivity index (χ1) is 10.2. The van der Waals surface area contributed by atoms with E-state index in [-0.39, 0.29) is 4.21 Å². The Bertz CT molecular complexity index is 609. The Hall–Kier alpha value is -1.22. The van der Waals surface area contributed by atoms with E-state index in [1.54, 1.807) is 25.3 Å². The summed E-state index contributed by atoms with van der Waals surface area (Å²) in [6, 6.07) is 1.83. The summed E-state index contributed by atoms with van der Waals surface area (Å²) in [5.41, 5.74) is 0.778. The van der Waals surface area contributed by atoms with Crippen molar-refractivity contribution < 1.29 is 18.3 Å². The van der Waals surface area contributed by atoms with Crippen molar-refractivity contribution in [3.05, 3.63) is 29.7 Å². The lowest BCUT2D eigenvalue weighted by atomic mass is 10.1. The van der Waals surface area contributed by atoms with Crippen LogP contribution in [0.25, 0.3) is 0 Å². The topological polar surface area (TPSA) is 86.7 Å². The molecule has 0 radical (unpaired) electrons. The van der Waals surface area contributed by atoms with Crippen molar-refractivity contribution in [1.29, 1.82) is 0 Å². The van der Waals surface area contributed by atoms with Gasteiger partial charge in [-0.2, -0.15) is 4.72 Å². The minimum atomic E-state index is -3.84. The lowest BCUT2D eigenvalue weighted by molar-refractivity contribution is -0.134. The number of aliphatic hydroxyl groups is 1. The molecule has 2 atom stereocenters. The van der Waals surface area contributed by atoms with Gasteiger partial charge in [0.05, 0.1) is 6.10 Å². The minimum Gasteiger partial charge on any atom is -0.391 e. The van der Waals surface area contributed by atoms with Gasteiger partial charge in [0.15, 0.2) is 0 Å². The third kappa shape index (κ3) is 4.91. The smallest absolute Gasteiger partial charge is 0.250 e. The molecule has 124 valence electrons. The molecule has 1 heterocycles. The highest BCUT2D eigenvalue weighted by Crippen LogP contribution is 2.17. The number of aliphatic hydroxyl groups excluding tert-OH is 1. The summed E-state index contributed by atoms with van der Waals surface area (Å²) in [7, 11) is -3.84. The number of carbonyl (C=O) groups excluding carboxylic acids is 1. The zero-order valence-corrected chi connectivity index (χ0v) is 14.6. The minimum absolute atomic E-state index is 0.105. The second-order valence-electron chi connectivity index (χ2n) is 5.08. The molecular formula is C14H22N2O4S2.